The van der Waals surface area contributed by atoms with Gasteiger partial charge in [-0.05, 0) is 51.4 Å². The Morgan fingerprint density at radius 2 is 1.14 bits per heavy atom. The van der Waals surface area contributed by atoms with Crippen molar-refractivity contribution in [2.24, 2.45) is 0 Å². The Morgan fingerprint density at radius 1 is 0.714 bits per heavy atom. The molecule has 0 N–H and O–H groups in total. The molecule has 0 radical (unpaired) electrons. The molecule has 0 unspecified atom stereocenters. The lowest BCUT2D eigenvalue weighted by molar-refractivity contribution is 0.608. The smallest absolute Gasteiger partial charge is 0.0285 e. The average molecular weight is 190 g/mol. The Morgan fingerprint density at radius 3 is 1.43 bits per heavy atom. The minimum Gasteiger partial charge on any atom is -0.0850 e. The molecule has 0 amide bonds. The van der Waals surface area contributed by atoms with Crippen LogP contribution < -0.4 is 0 Å². The van der Waals surface area contributed by atoms with Crippen LogP contribution in [0, 0.1) is 0 Å². The van der Waals surface area contributed by atoms with Gasteiger partial charge in [-0.2, -0.15) is 0 Å². The molecular weight excluding hydrogens is 168 g/mol. The highest BCUT2D eigenvalue weighted by Crippen LogP contribution is 2.25. The summed E-state index contributed by atoms with van der Waals surface area (Å²) < 4.78 is 0. The van der Waals surface area contributed by atoms with Crippen LogP contribution >= 0.6 is 0 Å². The lowest BCUT2D eigenvalue weighted by Gasteiger charge is -2.15. The van der Waals surface area contributed by atoms with Crippen LogP contribution in [0.4, 0.5) is 0 Å². The molecule has 0 heteroatoms. The summed E-state index contributed by atoms with van der Waals surface area (Å²) in [6, 6.07) is 0. The zero-order valence-electron chi connectivity index (χ0n) is 9.23. The fourth-order valence-corrected chi connectivity index (χ4v) is 2.21. The van der Waals surface area contributed by atoms with E-state index in [0.29, 0.717) is 0 Å². The van der Waals surface area contributed by atoms with Gasteiger partial charge in [0.25, 0.3) is 0 Å². The first-order chi connectivity index (χ1) is 6.95. The fraction of sp³-hybridized carbons (Fsp3) is 0.714. The van der Waals surface area contributed by atoms with Crippen LogP contribution in [-0.2, 0) is 0 Å². The van der Waals surface area contributed by atoms with E-state index in [1.165, 1.54) is 64.2 Å². The van der Waals surface area contributed by atoms with Crippen molar-refractivity contribution in [1.29, 1.82) is 0 Å². The molecule has 0 aromatic heterocycles. The summed E-state index contributed by atoms with van der Waals surface area (Å²) in [4.78, 5) is 0. The molecule has 0 heterocycles. The molecule has 0 aromatic carbocycles. The summed E-state index contributed by atoms with van der Waals surface area (Å²) in [7, 11) is 0. The summed E-state index contributed by atoms with van der Waals surface area (Å²) in [6.07, 6.45) is 18.9. The monoisotopic (exact) mass is 190 g/mol. The van der Waals surface area contributed by atoms with Crippen LogP contribution in [0.3, 0.4) is 0 Å². The largest absolute Gasteiger partial charge is 0.0850 e. The molecule has 0 nitrogen and oxygen atoms in total. The maximum Gasteiger partial charge on any atom is -0.0285 e. The maximum atomic E-state index is 2.42. The topological polar surface area (TPSA) is 0 Å². The highest BCUT2D eigenvalue weighted by Gasteiger charge is 2.06. The molecule has 0 bridgehead atoms. The predicted octanol–water partition coefficient (Wildman–Crippen LogP) is 4.77. The molecule has 2 rings (SSSR count). The zero-order chi connectivity index (χ0) is 9.64. The van der Waals surface area contributed by atoms with Gasteiger partial charge in [0.05, 0.1) is 0 Å². The van der Waals surface area contributed by atoms with Gasteiger partial charge < -0.3 is 0 Å². The van der Waals surface area contributed by atoms with Crippen LogP contribution in [0.15, 0.2) is 23.3 Å². The van der Waals surface area contributed by atoms with Gasteiger partial charge in [0.15, 0.2) is 0 Å². The van der Waals surface area contributed by atoms with Crippen molar-refractivity contribution < 1.29 is 0 Å². The SMILES string of the molecule is C1=C(CCCCCCC2=CCC2)CC1. The van der Waals surface area contributed by atoms with Gasteiger partial charge >= 0.3 is 0 Å². The molecule has 2 aliphatic rings. The van der Waals surface area contributed by atoms with Gasteiger partial charge in [-0.15, -0.1) is 0 Å². The van der Waals surface area contributed by atoms with Crippen molar-refractivity contribution >= 4 is 0 Å². The molecule has 14 heavy (non-hydrogen) atoms. The summed E-state index contributed by atoms with van der Waals surface area (Å²) in [5.41, 5.74) is 3.46. The van der Waals surface area contributed by atoms with Crippen molar-refractivity contribution in [2.45, 2.75) is 64.2 Å². The van der Waals surface area contributed by atoms with Crippen molar-refractivity contribution in [3.63, 3.8) is 0 Å². The van der Waals surface area contributed by atoms with Gasteiger partial charge in [-0.3, -0.25) is 0 Å². The van der Waals surface area contributed by atoms with Crippen LogP contribution in [0.25, 0.3) is 0 Å². The number of hydrogen-bond acceptors (Lipinski definition) is 0. The van der Waals surface area contributed by atoms with E-state index in [0.717, 1.165) is 0 Å². The average Bonchev–Trinajstić information content (AvgIpc) is 2.03. The van der Waals surface area contributed by atoms with E-state index in [9.17, 15) is 0 Å². The van der Waals surface area contributed by atoms with Crippen molar-refractivity contribution in [1.82, 2.24) is 0 Å². The van der Waals surface area contributed by atoms with E-state index in [-0.39, 0.29) is 0 Å². The minimum atomic E-state index is 1.35. The van der Waals surface area contributed by atoms with Crippen molar-refractivity contribution in [3.8, 4) is 0 Å². The molecule has 2 aliphatic carbocycles. The molecule has 0 atom stereocenters. The summed E-state index contributed by atoms with van der Waals surface area (Å²) in [6.45, 7) is 0. The van der Waals surface area contributed by atoms with Gasteiger partial charge in [0, 0.05) is 0 Å². The molecule has 0 spiro atoms. The maximum absolute atomic E-state index is 2.42. The molecule has 0 aromatic rings. The first kappa shape index (κ1) is 10.0. The fourth-order valence-electron chi connectivity index (χ4n) is 2.21. The highest BCUT2D eigenvalue weighted by molar-refractivity contribution is 5.12. The van der Waals surface area contributed by atoms with Crippen LogP contribution in [0.5, 0.6) is 0 Å². The number of allylic oxidation sites excluding steroid dienone is 4. The quantitative estimate of drug-likeness (QED) is 0.401. The van der Waals surface area contributed by atoms with Gasteiger partial charge in [-0.1, -0.05) is 36.1 Å². The second-order valence-corrected chi connectivity index (χ2v) is 4.72. The van der Waals surface area contributed by atoms with E-state index in [1.54, 1.807) is 11.1 Å². The van der Waals surface area contributed by atoms with Gasteiger partial charge in [0.1, 0.15) is 0 Å². The van der Waals surface area contributed by atoms with Crippen molar-refractivity contribution in [2.75, 3.05) is 0 Å². The first-order valence-electron chi connectivity index (χ1n) is 6.31. The minimum absolute atomic E-state index is 1.35. The zero-order valence-corrected chi connectivity index (χ0v) is 9.23. The molecule has 0 saturated carbocycles. The van der Waals surface area contributed by atoms with Crippen LogP contribution in [0.1, 0.15) is 64.2 Å². The van der Waals surface area contributed by atoms with Crippen molar-refractivity contribution in [3.05, 3.63) is 23.3 Å². The molecule has 0 aliphatic heterocycles. The number of rotatable bonds is 7. The molecular formula is C14H22. The third kappa shape index (κ3) is 3.01. The molecule has 0 saturated heterocycles. The summed E-state index contributed by atoms with van der Waals surface area (Å²) in [5, 5.41) is 0. The lowest BCUT2D eigenvalue weighted by Crippen LogP contribution is -1.95. The Hall–Kier alpha value is -0.520. The molecule has 0 fully saturated rings. The predicted molar refractivity (Wildman–Crippen MR) is 62.3 cm³/mol. The first-order valence-corrected chi connectivity index (χ1v) is 6.31. The summed E-state index contributed by atoms with van der Waals surface area (Å²) in [5.74, 6) is 0. The van der Waals surface area contributed by atoms with Gasteiger partial charge in [0.2, 0.25) is 0 Å². The normalized spacial score (nSPS) is 19.4. The van der Waals surface area contributed by atoms with E-state index in [4.69, 9.17) is 0 Å². The van der Waals surface area contributed by atoms with Crippen LogP contribution in [0.2, 0.25) is 0 Å². The van der Waals surface area contributed by atoms with E-state index in [2.05, 4.69) is 12.2 Å². The van der Waals surface area contributed by atoms with E-state index < -0.39 is 0 Å². The standard InChI is InChI=1S/C14H22/c1(3-7-13-9-5-10-13)2-4-8-14-11-6-12-14/h9,11H,1-8,10,12H2. The lowest BCUT2D eigenvalue weighted by atomic mass is 9.92. The third-order valence-electron chi connectivity index (χ3n) is 3.54. The summed E-state index contributed by atoms with van der Waals surface area (Å²) >= 11 is 0. The second kappa shape index (κ2) is 5.38. The van der Waals surface area contributed by atoms with Gasteiger partial charge in [-0.25, -0.2) is 0 Å². The Bertz CT molecular complexity index is 206. The molecule has 78 valence electrons. The van der Waals surface area contributed by atoms with E-state index >= 15 is 0 Å². The second-order valence-electron chi connectivity index (χ2n) is 4.72. The third-order valence-corrected chi connectivity index (χ3v) is 3.54. The Balaban J connectivity index is 1.39. The number of hydrogen-bond donors (Lipinski definition) is 0. The van der Waals surface area contributed by atoms with Crippen LogP contribution in [-0.4, -0.2) is 0 Å². The number of unbranched alkanes of at least 4 members (excludes halogenated alkanes) is 3. The van der Waals surface area contributed by atoms with E-state index in [1.807, 2.05) is 0 Å². The Kier molecular flexibility index (Phi) is 3.85. The highest BCUT2D eigenvalue weighted by atomic mass is 14.1. The Labute approximate surface area is 88.1 Å².